The van der Waals surface area contributed by atoms with E-state index in [1.54, 1.807) is 4.80 Å². The molecule has 6 nitrogen and oxygen atoms in total. The predicted molar refractivity (Wildman–Crippen MR) is 108 cm³/mol. The highest BCUT2D eigenvalue weighted by Gasteiger charge is 2.13. The molecule has 3 rings (SSSR count). The summed E-state index contributed by atoms with van der Waals surface area (Å²) < 4.78 is 0. The Hall–Kier alpha value is -2.25. The fourth-order valence-electron chi connectivity index (χ4n) is 2.76. The van der Waals surface area contributed by atoms with Gasteiger partial charge in [0.1, 0.15) is 11.4 Å². The largest absolute Gasteiger partial charge is 0.395 e. The molecule has 2 aromatic carbocycles. The van der Waals surface area contributed by atoms with Crippen LogP contribution >= 0.6 is 11.6 Å². The molecule has 3 N–H and O–H groups in total. The molecule has 0 atom stereocenters. The number of aromatic nitrogens is 3. The molecule has 0 bridgehead atoms. The van der Waals surface area contributed by atoms with Crippen molar-refractivity contribution >= 4 is 11.6 Å². The second-order valence-corrected chi connectivity index (χ2v) is 6.54. The van der Waals surface area contributed by atoms with E-state index in [1.807, 2.05) is 54.6 Å². The molecule has 7 heteroatoms. The summed E-state index contributed by atoms with van der Waals surface area (Å²) in [7, 11) is 0. The Morgan fingerprint density at radius 2 is 1.63 bits per heavy atom. The zero-order valence-electron chi connectivity index (χ0n) is 15.1. The third-order valence-corrected chi connectivity index (χ3v) is 4.47. The van der Waals surface area contributed by atoms with Gasteiger partial charge in [0.25, 0.3) is 0 Å². The average molecular weight is 386 g/mol. The highest BCUT2D eigenvalue weighted by Crippen LogP contribution is 2.21. The van der Waals surface area contributed by atoms with Crippen LogP contribution in [0.5, 0.6) is 0 Å². The van der Waals surface area contributed by atoms with Crippen LogP contribution in [0.25, 0.3) is 11.3 Å². The highest BCUT2D eigenvalue weighted by atomic mass is 35.5. The van der Waals surface area contributed by atoms with Crippen LogP contribution in [0.2, 0.25) is 5.02 Å². The van der Waals surface area contributed by atoms with Crippen molar-refractivity contribution in [3.8, 4) is 11.3 Å². The Labute approximate surface area is 164 Å². The lowest BCUT2D eigenvalue weighted by molar-refractivity contribution is 0.292. The Morgan fingerprint density at radius 1 is 0.889 bits per heavy atom. The van der Waals surface area contributed by atoms with Gasteiger partial charge in [-0.1, -0.05) is 60.1 Å². The first kappa shape index (κ1) is 19.5. The van der Waals surface area contributed by atoms with Gasteiger partial charge in [-0.05, 0) is 11.6 Å². The smallest absolute Gasteiger partial charge is 0.117 e. The van der Waals surface area contributed by atoms with Crippen molar-refractivity contribution in [2.75, 3.05) is 26.2 Å². The molecule has 142 valence electrons. The zero-order valence-corrected chi connectivity index (χ0v) is 15.9. The Balaban J connectivity index is 1.74. The number of rotatable bonds is 10. The van der Waals surface area contributed by atoms with E-state index in [0.717, 1.165) is 35.6 Å². The average Bonchev–Trinajstić information content (AvgIpc) is 3.10. The molecule has 0 aliphatic carbocycles. The molecular weight excluding hydrogens is 362 g/mol. The summed E-state index contributed by atoms with van der Waals surface area (Å²) in [5.41, 5.74) is 3.80. The Morgan fingerprint density at radius 3 is 2.41 bits per heavy atom. The minimum Gasteiger partial charge on any atom is -0.395 e. The highest BCUT2D eigenvalue weighted by molar-refractivity contribution is 6.31. The van der Waals surface area contributed by atoms with E-state index in [9.17, 15) is 0 Å². The van der Waals surface area contributed by atoms with Crippen LogP contribution in [0.1, 0.15) is 11.3 Å². The van der Waals surface area contributed by atoms with Gasteiger partial charge in [-0.2, -0.15) is 15.0 Å². The molecule has 0 saturated heterocycles. The first-order valence-electron chi connectivity index (χ1n) is 9.03. The molecule has 27 heavy (non-hydrogen) atoms. The van der Waals surface area contributed by atoms with E-state index < -0.39 is 0 Å². The van der Waals surface area contributed by atoms with Gasteiger partial charge in [0.15, 0.2) is 0 Å². The van der Waals surface area contributed by atoms with Crippen molar-refractivity contribution in [3.05, 3.63) is 70.9 Å². The van der Waals surface area contributed by atoms with Crippen molar-refractivity contribution in [2.45, 2.75) is 13.1 Å². The normalized spacial score (nSPS) is 11.0. The first-order valence-corrected chi connectivity index (χ1v) is 9.41. The molecule has 3 aromatic rings. The van der Waals surface area contributed by atoms with Crippen molar-refractivity contribution in [2.24, 2.45) is 0 Å². The van der Waals surface area contributed by atoms with Crippen LogP contribution in [0.4, 0.5) is 0 Å². The minimum absolute atomic E-state index is 0.147. The van der Waals surface area contributed by atoms with Gasteiger partial charge in [-0.3, -0.25) is 0 Å². The van der Waals surface area contributed by atoms with E-state index in [-0.39, 0.29) is 6.61 Å². The molecule has 0 unspecified atom stereocenters. The Kier molecular flexibility index (Phi) is 7.36. The molecule has 0 amide bonds. The molecule has 1 heterocycles. The van der Waals surface area contributed by atoms with E-state index in [0.29, 0.717) is 24.7 Å². The van der Waals surface area contributed by atoms with Crippen LogP contribution in [0.15, 0.2) is 54.6 Å². The third kappa shape index (κ3) is 5.61. The second-order valence-electron chi connectivity index (χ2n) is 6.13. The van der Waals surface area contributed by atoms with Crippen molar-refractivity contribution in [1.82, 2.24) is 25.6 Å². The Bertz CT molecular complexity index is 837. The first-order chi connectivity index (χ1) is 13.3. The van der Waals surface area contributed by atoms with E-state index in [1.165, 1.54) is 0 Å². The van der Waals surface area contributed by atoms with Crippen LogP contribution in [0, 0.1) is 0 Å². The molecule has 0 spiro atoms. The standard InChI is InChI=1S/C20H24ClN5O/c21-18-9-5-4-8-17(18)15-26-24-19(14-23-11-10-22-12-13-27)20(25-26)16-6-2-1-3-7-16/h1-9,22-23,27H,10-15H2. The topological polar surface area (TPSA) is 75.0 Å². The van der Waals surface area contributed by atoms with Gasteiger partial charge in [0.2, 0.25) is 0 Å². The summed E-state index contributed by atoms with van der Waals surface area (Å²) in [5.74, 6) is 0. The van der Waals surface area contributed by atoms with Gasteiger partial charge < -0.3 is 15.7 Å². The number of hydrogen-bond donors (Lipinski definition) is 3. The van der Waals surface area contributed by atoms with Gasteiger partial charge in [-0.15, -0.1) is 0 Å². The third-order valence-electron chi connectivity index (χ3n) is 4.10. The summed E-state index contributed by atoms with van der Waals surface area (Å²) in [4.78, 5) is 1.70. The van der Waals surface area contributed by atoms with Gasteiger partial charge >= 0.3 is 0 Å². The van der Waals surface area contributed by atoms with E-state index in [4.69, 9.17) is 21.8 Å². The maximum absolute atomic E-state index is 8.79. The molecular formula is C20H24ClN5O. The fraction of sp³-hybridized carbons (Fsp3) is 0.300. The molecule has 0 aliphatic rings. The monoisotopic (exact) mass is 385 g/mol. The summed E-state index contributed by atoms with van der Waals surface area (Å²) in [6, 6.07) is 17.8. The van der Waals surface area contributed by atoms with Crippen LogP contribution in [0.3, 0.4) is 0 Å². The number of nitrogens with zero attached hydrogens (tertiary/aromatic N) is 3. The zero-order chi connectivity index (χ0) is 18.9. The molecule has 0 aliphatic heterocycles. The maximum Gasteiger partial charge on any atom is 0.117 e. The van der Waals surface area contributed by atoms with Crippen LogP contribution in [-0.4, -0.2) is 46.3 Å². The second kappa shape index (κ2) is 10.2. The number of nitrogens with one attached hydrogen (secondary N) is 2. The minimum atomic E-state index is 0.147. The lowest BCUT2D eigenvalue weighted by Crippen LogP contribution is -2.29. The molecule has 1 aromatic heterocycles. The molecule has 0 fully saturated rings. The number of halogens is 1. The van der Waals surface area contributed by atoms with Crippen molar-refractivity contribution in [1.29, 1.82) is 0 Å². The summed E-state index contributed by atoms with van der Waals surface area (Å²) >= 11 is 6.28. The van der Waals surface area contributed by atoms with E-state index in [2.05, 4.69) is 15.7 Å². The SMILES string of the molecule is OCCNCCNCc1nn(Cc2ccccc2Cl)nc1-c1ccccc1. The molecule has 0 radical (unpaired) electrons. The maximum atomic E-state index is 8.79. The molecule has 0 saturated carbocycles. The summed E-state index contributed by atoms with van der Waals surface area (Å²) in [6.45, 7) is 3.46. The number of benzene rings is 2. The summed E-state index contributed by atoms with van der Waals surface area (Å²) in [5, 5.41) is 25.4. The number of aliphatic hydroxyl groups is 1. The number of hydrogen-bond acceptors (Lipinski definition) is 5. The van der Waals surface area contributed by atoms with Crippen LogP contribution in [-0.2, 0) is 13.1 Å². The predicted octanol–water partition coefficient (Wildman–Crippen LogP) is 2.32. The number of aliphatic hydroxyl groups excluding tert-OH is 1. The van der Waals surface area contributed by atoms with Crippen LogP contribution < -0.4 is 10.6 Å². The lowest BCUT2D eigenvalue weighted by Gasteiger charge is -2.05. The van der Waals surface area contributed by atoms with Crippen molar-refractivity contribution < 1.29 is 5.11 Å². The lowest BCUT2D eigenvalue weighted by atomic mass is 10.1. The van der Waals surface area contributed by atoms with Gasteiger partial charge in [0, 0.05) is 36.8 Å². The van der Waals surface area contributed by atoms with Gasteiger partial charge in [0.05, 0.1) is 13.2 Å². The van der Waals surface area contributed by atoms with Gasteiger partial charge in [-0.25, -0.2) is 0 Å². The van der Waals surface area contributed by atoms with E-state index >= 15 is 0 Å². The van der Waals surface area contributed by atoms with Crippen molar-refractivity contribution in [3.63, 3.8) is 0 Å². The quantitative estimate of drug-likeness (QED) is 0.467. The summed E-state index contributed by atoms with van der Waals surface area (Å²) in [6.07, 6.45) is 0. The fourth-order valence-corrected chi connectivity index (χ4v) is 2.95.